The van der Waals surface area contributed by atoms with Gasteiger partial charge in [-0.25, -0.2) is 0 Å². The molecule has 8 rings (SSSR count). The second-order valence-electron chi connectivity index (χ2n) is 10.5. The minimum absolute atomic E-state index is 0.0881. The fourth-order valence-corrected chi connectivity index (χ4v) is 6.57. The van der Waals surface area contributed by atoms with E-state index in [1.165, 1.54) is 71.3 Å². The second kappa shape index (κ2) is 6.83. The Labute approximate surface area is 209 Å². The molecule has 2 heteroatoms. The second-order valence-corrected chi connectivity index (χ2v) is 10.5. The van der Waals surface area contributed by atoms with Crippen LogP contribution in [0, 0.1) is 0 Å². The molecule has 0 unspecified atom stereocenters. The monoisotopic (exact) mass is 460 g/mol. The number of benzene rings is 5. The number of hydrogen-bond acceptors (Lipinski definition) is 1. The zero-order valence-electron chi connectivity index (χ0n) is 20.3. The van der Waals surface area contributed by atoms with Crippen LogP contribution in [0.5, 0.6) is 0 Å². The van der Waals surface area contributed by atoms with E-state index in [0.29, 0.717) is 0 Å². The normalized spacial score (nSPS) is 14.1. The summed E-state index contributed by atoms with van der Waals surface area (Å²) in [5.41, 5.74) is 8.81. The molecule has 0 bridgehead atoms. The van der Waals surface area contributed by atoms with Crippen LogP contribution in [0.15, 0.2) is 109 Å². The summed E-state index contributed by atoms with van der Waals surface area (Å²) in [6, 6.07) is 35.7. The highest BCUT2D eigenvalue weighted by atomic mass is 15.0. The van der Waals surface area contributed by atoms with E-state index in [1.807, 2.05) is 6.20 Å². The van der Waals surface area contributed by atoms with Gasteiger partial charge >= 0.3 is 0 Å². The maximum absolute atomic E-state index is 4.55. The fraction of sp³-hybridized carbons (Fsp3) is 0.0882. The Balaban J connectivity index is 1.60. The minimum Gasteiger partial charge on any atom is -0.309 e. The first-order valence-electron chi connectivity index (χ1n) is 12.6. The molecule has 7 aromatic rings. The molecule has 36 heavy (non-hydrogen) atoms. The van der Waals surface area contributed by atoms with E-state index in [-0.39, 0.29) is 5.41 Å². The zero-order chi connectivity index (χ0) is 24.0. The van der Waals surface area contributed by atoms with Gasteiger partial charge in [0, 0.05) is 39.8 Å². The van der Waals surface area contributed by atoms with Gasteiger partial charge in [0.1, 0.15) is 0 Å². The lowest BCUT2D eigenvalue weighted by atomic mass is 9.69. The lowest BCUT2D eigenvalue weighted by Gasteiger charge is -2.35. The van der Waals surface area contributed by atoms with Crippen molar-refractivity contribution in [2.24, 2.45) is 0 Å². The number of fused-ring (bicyclic) bond motifs is 7. The fourth-order valence-electron chi connectivity index (χ4n) is 6.57. The number of aromatic nitrogens is 2. The molecule has 0 spiro atoms. The standard InChI is InChI=1S/C34H24N2/c1-34(2)28-16-17-35-20-27(28)26-19-31-33(25-11-7-12-29(34)32(25)26)24-10-5-6-13-30(24)36(31)23-15-14-21-8-3-4-9-22(21)18-23/h3-20H,1-2H3. The first-order valence-corrected chi connectivity index (χ1v) is 12.6. The van der Waals surface area contributed by atoms with E-state index in [4.69, 9.17) is 0 Å². The van der Waals surface area contributed by atoms with Crippen LogP contribution in [0.1, 0.15) is 25.0 Å². The number of para-hydroxylation sites is 1. The molecular formula is C34H24N2. The van der Waals surface area contributed by atoms with Crippen molar-refractivity contribution in [3.8, 4) is 16.8 Å². The molecule has 2 nitrogen and oxygen atoms in total. The van der Waals surface area contributed by atoms with E-state index in [9.17, 15) is 0 Å². The quantitative estimate of drug-likeness (QED) is 0.239. The van der Waals surface area contributed by atoms with Crippen molar-refractivity contribution in [3.63, 3.8) is 0 Å². The van der Waals surface area contributed by atoms with Crippen molar-refractivity contribution >= 4 is 43.4 Å². The first-order chi connectivity index (χ1) is 17.6. The summed E-state index contributed by atoms with van der Waals surface area (Å²) >= 11 is 0. The lowest BCUT2D eigenvalue weighted by Crippen LogP contribution is -2.23. The van der Waals surface area contributed by atoms with Gasteiger partial charge < -0.3 is 4.57 Å². The van der Waals surface area contributed by atoms with Crippen molar-refractivity contribution < 1.29 is 0 Å². The van der Waals surface area contributed by atoms with Crippen LogP contribution in [-0.4, -0.2) is 9.55 Å². The van der Waals surface area contributed by atoms with Crippen LogP contribution >= 0.6 is 0 Å². The predicted octanol–water partition coefficient (Wildman–Crippen LogP) is 8.79. The summed E-state index contributed by atoms with van der Waals surface area (Å²) in [5.74, 6) is 0. The van der Waals surface area contributed by atoms with Gasteiger partial charge in [0.2, 0.25) is 0 Å². The molecule has 0 radical (unpaired) electrons. The molecule has 0 atom stereocenters. The highest BCUT2D eigenvalue weighted by Gasteiger charge is 2.34. The number of hydrogen-bond donors (Lipinski definition) is 0. The molecule has 0 aliphatic heterocycles. The number of nitrogens with zero attached hydrogens (tertiary/aromatic N) is 2. The van der Waals surface area contributed by atoms with Gasteiger partial charge in [0.25, 0.3) is 0 Å². The average molecular weight is 461 g/mol. The van der Waals surface area contributed by atoms with Gasteiger partial charge in [0.15, 0.2) is 0 Å². The highest BCUT2D eigenvalue weighted by molar-refractivity contribution is 6.25. The lowest BCUT2D eigenvalue weighted by molar-refractivity contribution is 0.644. The summed E-state index contributed by atoms with van der Waals surface area (Å²) in [6.07, 6.45) is 3.98. The SMILES string of the molecule is CC1(C)c2ccncc2-c2cc3c(c4cccc1c24)c1ccccc1n3-c1ccc2ccccc2c1. The van der Waals surface area contributed by atoms with Gasteiger partial charge in [-0.15, -0.1) is 0 Å². The Kier molecular flexibility index (Phi) is 3.76. The van der Waals surface area contributed by atoms with Gasteiger partial charge in [-0.1, -0.05) is 80.6 Å². The molecule has 0 N–H and O–H groups in total. The molecule has 0 saturated heterocycles. The van der Waals surface area contributed by atoms with E-state index in [1.54, 1.807) is 0 Å². The van der Waals surface area contributed by atoms with Crippen LogP contribution in [0.3, 0.4) is 0 Å². The maximum atomic E-state index is 4.55. The Morgan fingerprint density at radius 2 is 1.42 bits per heavy atom. The third-order valence-corrected chi connectivity index (χ3v) is 8.24. The average Bonchev–Trinajstić information content (AvgIpc) is 3.26. The maximum Gasteiger partial charge on any atom is 0.0553 e. The van der Waals surface area contributed by atoms with Gasteiger partial charge in [0.05, 0.1) is 11.0 Å². The van der Waals surface area contributed by atoms with Crippen molar-refractivity contribution in [1.82, 2.24) is 9.55 Å². The first kappa shape index (κ1) is 19.8. The molecule has 5 aromatic carbocycles. The van der Waals surface area contributed by atoms with Crippen LogP contribution < -0.4 is 0 Å². The Hall–Kier alpha value is -4.43. The topological polar surface area (TPSA) is 17.8 Å². The molecule has 0 fully saturated rings. The third-order valence-electron chi connectivity index (χ3n) is 8.24. The van der Waals surface area contributed by atoms with Gasteiger partial charge in [-0.3, -0.25) is 4.98 Å². The molecule has 1 aliphatic rings. The van der Waals surface area contributed by atoms with Gasteiger partial charge in [-0.2, -0.15) is 0 Å². The molecule has 0 amide bonds. The molecule has 170 valence electrons. The van der Waals surface area contributed by atoms with E-state index < -0.39 is 0 Å². The molecule has 2 aromatic heterocycles. The van der Waals surface area contributed by atoms with Crippen molar-refractivity contribution in [3.05, 3.63) is 121 Å². The Bertz CT molecular complexity index is 2020. The predicted molar refractivity (Wildman–Crippen MR) is 151 cm³/mol. The number of rotatable bonds is 1. The van der Waals surface area contributed by atoms with E-state index in [0.717, 1.165) is 0 Å². The van der Waals surface area contributed by atoms with Crippen LogP contribution in [0.25, 0.3) is 60.2 Å². The van der Waals surface area contributed by atoms with Crippen LogP contribution in [0.4, 0.5) is 0 Å². The van der Waals surface area contributed by atoms with Crippen molar-refractivity contribution in [1.29, 1.82) is 0 Å². The molecule has 2 heterocycles. The molecular weight excluding hydrogens is 436 g/mol. The summed E-state index contributed by atoms with van der Waals surface area (Å²) < 4.78 is 2.44. The summed E-state index contributed by atoms with van der Waals surface area (Å²) in [4.78, 5) is 4.55. The summed E-state index contributed by atoms with van der Waals surface area (Å²) in [7, 11) is 0. The smallest absolute Gasteiger partial charge is 0.0553 e. The van der Waals surface area contributed by atoms with Crippen molar-refractivity contribution in [2.75, 3.05) is 0 Å². The van der Waals surface area contributed by atoms with E-state index in [2.05, 4.69) is 127 Å². The summed E-state index contributed by atoms with van der Waals surface area (Å²) in [6.45, 7) is 4.68. The summed E-state index contributed by atoms with van der Waals surface area (Å²) in [5, 5.41) is 7.80. The van der Waals surface area contributed by atoms with Crippen LogP contribution in [-0.2, 0) is 5.41 Å². The number of pyridine rings is 1. The Morgan fingerprint density at radius 3 is 2.33 bits per heavy atom. The molecule has 0 saturated carbocycles. The van der Waals surface area contributed by atoms with Crippen LogP contribution in [0.2, 0.25) is 0 Å². The Morgan fingerprint density at radius 1 is 0.611 bits per heavy atom. The highest BCUT2D eigenvalue weighted by Crippen LogP contribution is 2.51. The largest absolute Gasteiger partial charge is 0.309 e. The zero-order valence-corrected chi connectivity index (χ0v) is 20.3. The van der Waals surface area contributed by atoms with Gasteiger partial charge in [-0.05, 0) is 68.6 Å². The van der Waals surface area contributed by atoms with Crippen molar-refractivity contribution in [2.45, 2.75) is 19.3 Å². The van der Waals surface area contributed by atoms with E-state index >= 15 is 0 Å². The third kappa shape index (κ3) is 2.43. The molecule has 1 aliphatic carbocycles. The minimum atomic E-state index is -0.0881.